The van der Waals surface area contributed by atoms with Gasteiger partial charge in [-0.25, -0.2) is 8.78 Å². The standard InChI is InChI=1S/C45H60F2N4O3/c1-8-12-14-20-45(7,19-13-9-2)27-54-44-49-42-39(43(50-44)51-21-22-53-26-28(5)25-51)33(11-4)41(48-29(6)10-3)38(40(42)47)34-24-32(52)23-31-17-18-35(46)37(36(31)34)30-15-16-30/h11,17-18,23-24,28-30,52H,8-10,12-16,19-22,25-27H2,1-7H3/b33-11-,48-41?. The fourth-order valence-corrected chi connectivity index (χ4v) is 8.08. The average Bonchev–Trinajstić information content (AvgIpc) is 4.02. The van der Waals surface area contributed by atoms with Crippen molar-refractivity contribution < 1.29 is 23.4 Å². The van der Waals surface area contributed by atoms with E-state index in [4.69, 9.17) is 24.4 Å². The summed E-state index contributed by atoms with van der Waals surface area (Å²) in [4.78, 5) is 17.4. The summed E-state index contributed by atoms with van der Waals surface area (Å²) in [6, 6.07) is 6.31. The third-order valence-corrected chi connectivity index (χ3v) is 11.4. The van der Waals surface area contributed by atoms with Gasteiger partial charge in [-0.05, 0) is 97.9 Å². The summed E-state index contributed by atoms with van der Waals surface area (Å²) in [5.74, 6) is -0.0770. The van der Waals surface area contributed by atoms with E-state index in [1.54, 1.807) is 18.2 Å². The molecule has 3 aromatic rings. The van der Waals surface area contributed by atoms with Gasteiger partial charge in [-0.1, -0.05) is 78.9 Å². The van der Waals surface area contributed by atoms with Crippen LogP contribution in [0.1, 0.15) is 141 Å². The Labute approximate surface area is 321 Å². The van der Waals surface area contributed by atoms with Crippen LogP contribution < -0.4 is 9.64 Å². The number of allylic oxidation sites excluding steroid dienone is 3. The van der Waals surface area contributed by atoms with Crippen LogP contribution in [0.3, 0.4) is 0 Å². The molecule has 9 heteroatoms. The Morgan fingerprint density at radius 1 is 1.09 bits per heavy atom. The Kier molecular flexibility index (Phi) is 12.8. The van der Waals surface area contributed by atoms with E-state index < -0.39 is 5.83 Å². The van der Waals surface area contributed by atoms with Crippen molar-refractivity contribution in [2.45, 2.75) is 125 Å². The first-order valence-electron chi connectivity index (χ1n) is 20.5. The van der Waals surface area contributed by atoms with Gasteiger partial charge >= 0.3 is 6.01 Å². The molecule has 1 N–H and O–H groups in total. The van der Waals surface area contributed by atoms with E-state index in [1.807, 2.05) is 19.9 Å². The molecular formula is C45H60F2N4O3. The second kappa shape index (κ2) is 17.3. The molecule has 6 rings (SSSR count). The molecule has 3 aliphatic rings. The summed E-state index contributed by atoms with van der Waals surface area (Å²) in [6.07, 6.45) is 12.1. The van der Waals surface area contributed by atoms with Crippen molar-refractivity contribution in [3.05, 3.63) is 58.5 Å². The van der Waals surface area contributed by atoms with Crippen molar-refractivity contribution in [3.63, 3.8) is 0 Å². The number of aromatic nitrogens is 2. The molecule has 3 unspecified atom stereocenters. The van der Waals surface area contributed by atoms with E-state index in [1.165, 1.54) is 6.07 Å². The normalized spacial score (nSPS) is 21.1. The second-order valence-electron chi connectivity index (χ2n) is 16.3. The highest BCUT2D eigenvalue weighted by atomic mass is 19.1. The van der Waals surface area contributed by atoms with Gasteiger partial charge in [0, 0.05) is 35.7 Å². The number of ether oxygens (including phenoxy) is 2. The molecule has 2 aromatic carbocycles. The zero-order valence-corrected chi connectivity index (χ0v) is 33.5. The molecule has 1 aromatic heterocycles. The number of anilines is 1. The van der Waals surface area contributed by atoms with Crippen molar-refractivity contribution in [1.82, 2.24) is 9.97 Å². The Hall–Kier alpha value is -3.85. The molecule has 0 bridgehead atoms. The molecule has 292 valence electrons. The summed E-state index contributed by atoms with van der Waals surface area (Å²) in [6.45, 7) is 17.7. The van der Waals surface area contributed by atoms with Gasteiger partial charge in [-0.2, -0.15) is 9.97 Å². The molecule has 2 heterocycles. The second-order valence-corrected chi connectivity index (χ2v) is 16.3. The molecule has 0 amide bonds. The first-order chi connectivity index (χ1) is 26.0. The zero-order chi connectivity index (χ0) is 38.6. The smallest absolute Gasteiger partial charge is 0.319 e. The van der Waals surface area contributed by atoms with Crippen molar-refractivity contribution in [2.75, 3.05) is 37.8 Å². The Morgan fingerprint density at radius 3 is 2.56 bits per heavy atom. The van der Waals surface area contributed by atoms with Gasteiger partial charge in [0.15, 0.2) is 5.83 Å². The quantitative estimate of drug-likeness (QED) is 0.156. The predicted octanol–water partition coefficient (Wildman–Crippen LogP) is 11.5. The number of fused-ring (bicyclic) bond motifs is 2. The van der Waals surface area contributed by atoms with Crippen LogP contribution in [0.2, 0.25) is 0 Å². The van der Waals surface area contributed by atoms with Crippen LogP contribution in [-0.2, 0) is 4.74 Å². The van der Waals surface area contributed by atoms with E-state index in [9.17, 15) is 5.11 Å². The molecular weight excluding hydrogens is 683 g/mol. The largest absolute Gasteiger partial charge is 0.508 e. The topological polar surface area (TPSA) is 80.1 Å². The van der Waals surface area contributed by atoms with Crippen LogP contribution in [0.5, 0.6) is 11.8 Å². The summed E-state index contributed by atoms with van der Waals surface area (Å²) in [7, 11) is 0. The fourth-order valence-electron chi connectivity index (χ4n) is 8.08. The molecule has 2 fully saturated rings. The van der Waals surface area contributed by atoms with Gasteiger partial charge in [0.1, 0.15) is 23.1 Å². The van der Waals surface area contributed by atoms with E-state index in [0.29, 0.717) is 77.5 Å². The van der Waals surface area contributed by atoms with E-state index >= 15 is 8.78 Å². The number of unbranched alkanes of at least 4 members (excludes halogenated alkanes) is 3. The molecule has 1 aliphatic heterocycles. The first kappa shape index (κ1) is 39.8. The van der Waals surface area contributed by atoms with Gasteiger partial charge in [0.2, 0.25) is 0 Å². The molecule has 0 spiro atoms. The van der Waals surface area contributed by atoms with Crippen LogP contribution in [0.25, 0.3) is 27.7 Å². The van der Waals surface area contributed by atoms with Crippen LogP contribution in [0, 0.1) is 17.2 Å². The molecule has 2 aliphatic carbocycles. The minimum absolute atomic E-state index is 0.0257. The number of hydrogen-bond acceptors (Lipinski definition) is 7. The van der Waals surface area contributed by atoms with Gasteiger partial charge in [-0.15, -0.1) is 0 Å². The number of rotatable bonds is 15. The highest BCUT2D eigenvalue weighted by molar-refractivity contribution is 6.51. The number of phenolic OH excluding ortho intramolecular Hbond substituents is 1. The van der Waals surface area contributed by atoms with E-state index in [2.05, 4.69) is 39.5 Å². The molecule has 1 saturated heterocycles. The number of hydrogen-bond donors (Lipinski definition) is 1. The lowest BCUT2D eigenvalue weighted by Crippen LogP contribution is -2.33. The van der Waals surface area contributed by atoms with Gasteiger partial charge in [0.25, 0.3) is 0 Å². The zero-order valence-electron chi connectivity index (χ0n) is 33.5. The van der Waals surface area contributed by atoms with Crippen molar-refractivity contribution in [1.29, 1.82) is 0 Å². The number of benzene rings is 2. The third-order valence-electron chi connectivity index (χ3n) is 11.4. The lowest BCUT2D eigenvalue weighted by atomic mass is 9.81. The minimum Gasteiger partial charge on any atom is -0.508 e. The lowest BCUT2D eigenvalue weighted by molar-refractivity contribution is 0.125. The van der Waals surface area contributed by atoms with Crippen LogP contribution in [0.15, 0.2) is 35.3 Å². The summed E-state index contributed by atoms with van der Waals surface area (Å²) in [5.41, 5.74) is 2.96. The van der Waals surface area contributed by atoms with Gasteiger partial charge in [0.05, 0.1) is 31.1 Å². The lowest BCUT2D eigenvalue weighted by Gasteiger charge is -2.32. The van der Waals surface area contributed by atoms with Crippen molar-refractivity contribution in [2.24, 2.45) is 16.3 Å². The van der Waals surface area contributed by atoms with E-state index in [0.717, 1.165) is 64.2 Å². The van der Waals surface area contributed by atoms with E-state index in [-0.39, 0.29) is 52.1 Å². The maximum absolute atomic E-state index is 18.1. The molecule has 0 radical (unpaired) electrons. The predicted molar refractivity (Wildman–Crippen MR) is 218 cm³/mol. The minimum atomic E-state index is -0.583. The Balaban J connectivity index is 1.61. The maximum atomic E-state index is 18.1. The number of aromatic hydroxyl groups is 1. The monoisotopic (exact) mass is 742 g/mol. The molecule has 54 heavy (non-hydrogen) atoms. The van der Waals surface area contributed by atoms with Crippen LogP contribution in [0.4, 0.5) is 14.6 Å². The number of halogens is 2. The highest BCUT2D eigenvalue weighted by Gasteiger charge is 2.39. The Bertz CT molecular complexity index is 1920. The number of nitrogens with zero attached hydrogens (tertiary/aromatic N) is 4. The average molecular weight is 743 g/mol. The van der Waals surface area contributed by atoms with Gasteiger partial charge in [-0.3, -0.25) is 4.99 Å². The van der Waals surface area contributed by atoms with Crippen molar-refractivity contribution in [3.8, 4) is 11.8 Å². The molecule has 7 nitrogen and oxygen atoms in total. The van der Waals surface area contributed by atoms with Gasteiger partial charge < -0.3 is 19.5 Å². The Morgan fingerprint density at radius 2 is 1.85 bits per heavy atom. The van der Waals surface area contributed by atoms with Crippen LogP contribution in [-0.4, -0.2) is 59.7 Å². The summed E-state index contributed by atoms with van der Waals surface area (Å²) >= 11 is 0. The fraction of sp³-hybridized carbons (Fsp3) is 0.578. The number of phenols is 1. The maximum Gasteiger partial charge on any atom is 0.319 e. The SMILES string of the molecule is C/C=C1\C(=NC(C)CC)C(c2cc(O)cc3ccc(F)c(C4CC4)c23)=C(F)c2nc(OCC(C)(CCCC)CCCCC)nc(N3CCOCC(C)C3)c21. The third kappa shape index (κ3) is 8.51. The van der Waals surface area contributed by atoms with Crippen molar-refractivity contribution >= 4 is 39.3 Å². The molecule has 3 atom stereocenters. The summed E-state index contributed by atoms with van der Waals surface area (Å²) in [5, 5.41) is 12.4. The summed E-state index contributed by atoms with van der Waals surface area (Å²) < 4.78 is 46.4. The highest BCUT2D eigenvalue weighted by Crippen LogP contribution is 2.51. The molecule has 1 saturated carbocycles. The first-order valence-corrected chi connectivity index (χ1v) is 20.5. The van der Waals surface area contributed by atoms with Crippen LogP contribution >= 0.6 is 0 Å². The number of aliphatic imine (C=N–C) groups is 1.